The Balaban J connectivity index is 1.78. The van der Waals surface area contributed by atoms with Gasteiger partial charge in [-0.05, 0) is 43.4 Å². The van der Waals surface area contributed by atoms with Gasteiger partial charge in [-0.25, -0.2) is 0 Å². The van der Waals surface area contributed by atoms with E-state index in [4.69, 9.17) is 4.74 Å². The summed E-state index contributed by atoms with van der Waals surface area (Å²) in [4.78, 5) is 0. The molecule has 2 rings (SSSR count). The van der Waals surface area contributed by atoms with Crippen LogP contribution in [0.1, 0.15) is 44.6 Å². The van der Waals surface area contributed by atoms with Gasteiger partial charge in [0.2, 0.25) is 0 Å². The molecule has 0 saturated heterocycles. The van der Waals surface area contributed by atoms with Gasteiger partial charge in [-0.2, -0.15) is 0 Å². The molecule has 0 amide bonds. The summed E-state index contributed by atoms with van der Waals surface area (Å²) in [6, 6.07) is 8.97. The van der Waals surface area contributed by atoms with Crippen molar-refractivity contribution in [3.05, 3.63) is 29.8 Å². The first-order valence-electron chi connectivity index (χ1n) is 7.16. The van der Waals surface area contributed by atoms with Crippen LogP contribution in [-0.2, 0) is 6.54 Å². The smallest absolute Gasteiger partial charge is 0.118 e. The minimum absolute atomic E-state index is 0.632. The van der Waals surface area contributed by atoms with Crippen molar-refractivity contribution < 1.29 is 4.74 Å². The average molecular weight is 247 g/mol. The quantitative estimate of drug-likeness (QED) is 0.855. The maximum Gasteiger partial charge on any atom is 0.118 e. The predicted octanol–water partition coefficient (Wildman–Crippen LogP) is 3.75. The Hall–Kier alpha value is -1.02. The van der Waals surface area contributed by atoms with E-state index in [2.05, 4.69) is 24.4 Å². The Morgan fingerprint density at radius 1 is 1.17 bits per heavy atom. The molecule has 0 spiro atoms. The van der Waals surface area contributed by atoms with Crippen LogP contribution in [0.4, 0.5) is 0 Å². The van der Waals surface area contributed by atoms with Gasteiger partial charge in [-0.15, -0.1) is 0 Å². The molecule has 0 bridgehead atoms. The molecule has 18 heavy (non-hydrogen) atoms. The molecule has 0 aliphatic heterocycles. The standard InChI is InChI=1S/C16H25NO/c1-13(15-6-4-3-5-7-15)17-12-14-8-10-16(18-2)11-9-14/h8-11,13,15,17H,3-7,12H2,1-2H3/t13-/m1/s1. The van der Waals surface area contributed by atoms with Crippen molar-refractivity contribution in [1.82, 2.24) is 5.32 Å². The monoisotopic (exact) mass is 247 g/mol. The van der Waals surface area contributed by atoms with Crippen LogP contribution in [0.2, 0.25) is 0 Å². The van der Waals surface area contributed by atoms with Crippen LogP contribution in [0.15, 0.2) is 24.3 Å². The van der Waals surface area contributed by atoms with Gasteiger partial charge in [-0.3, -0.25) is 0 Å². The van der Waals surface area contributed by atoms with E-state index in [9.17, 15) is 0 Å². The van der Waals surface area contributed by atoms with E-state index in [-0.39, 0.29) is 0 Å². The average Bonchev–Trinajstić information content (AvgIpc) is 2.46. The highest BCUT2D eigenvalue weighted by Crippen LogP contribution is 2.26. The van der Waals surface area contributed by atoms with Crippen molar-refractivity contribution in [2.24, 2.45) is 5.92 Å². The molecule has 0 radical (unpaired) electrons. The van der Waals surface area contributed by atoms with Gasteiger partial charge in [0.05, 0.1) is 7.11 Å². The number of ether oxygens (including phenoxy) is 1. The molecule has 1 N–H and O–H groups in total. The lowest BCUT2D eigenvalue weighted by Crippen LogP contribution is -2.34. The van der Waals surface area contributed by atoms with Gasteiger partial charge in [0.25, 0.3) is 0 Å². The Morgan fingerprint density at radius 2 is 1.83 bits per heavy atom. The van der Waals surface area contributed by atoms with Crippen LogP contribution in [0.5, 0.6) is 5.75 Å². The topological polar surface area (TPSA) is 21.3 Å². The van der Waals surface area contributed by atoms with Gasteiger partial charge in [0.15, 0.2) is 0 Å². The molecule has 2 heteroatoms. The Labute approximate surface area is 111 Å². The Bertz CT molecular complexity index is 341. The second-order valence-corrected chi connectivity index (χ2v) is 5.42. The summed E-state index contributed by atoms with van der Waals surface area (Å²) in [7, 11) is 1.71. The van der Waals surface area contributed by atoms with Crippen LogP contribution >= 0.6 is 0 Å². The van der Waals surface area contributed by atoms with Crippen LogP contribution in [0, 0.1) is 5.92 Å². The summed E-state index contributed by atoms with van der Waals surface area (Å²) in [5.41, 5.74) is 1.33. The summed E-state index contributed by atoms with van der Waals surface area (Å²) < 4.78 is 5.17. The lowest BCUT2D eigenvalue weighted by atomic mass is 9.84. The molecule has 1 aliphatic rings. The lowest BCUT2D eigenvalue weighted by Gasteiger charge is -2.28. The van der Waals surface area contributed by atoms with E-state index in [1.165, 1.54) is 37.7 Å². The van der Waals surface area contributed by atoms with E-state index in [0.29, 0.717) is 6.04 Å². The van der Waals surface area contributed by atoms with Gasteiger partial charge in [0, 0.05) is 12.6 Å². The number of rotatable bonds is 5. The number of hydrogen-bond acceptors (Lipinski definition) is 2. The van der Waals surface area contributed by atoms with E-state index in [1.54, 1.807) is 7.11 Å². The molecule has 1 saturated carbocycles. The highest BCUT2D eigenvalue weighted by Gasteiger charge is 2.19. The van der Waals surface area contributed by atoms with Gasteiger partial charge < -0.3 is 10.1 Å². The molecule has 0 heterocycles. The first kappa shape index (κ1) is 13.4. The molecule has 0 unspecified atom stereocenters. The third kappa shape index (κ3) is 3.74. The normalized spacial score (nSPS) is 18.6. The van der Waals surface area contributed by atoms with Gasteiger partial charge in [-0.1, -0.05) is 31.4 Å². The summed E-state index contributed by atoms with van der Waals surface area (Å²) >= 11 is 0. The zero-order valence-corrected chi connectivity index (χ0v) is 11.6. The van der Waals surface area contributed by atoms with Crippen molar-refractivity contribution in [2.75, 3.05) is 7.11 Å². The van der Waals surface area contributed by atoms with Gasteiger partial charge >= 0.3 is 0 Å². The van der Waals surface area contributed by atoms with Crippen LogP contribution < -0.4 is 10.1 Å². The molecule has 0 aromatic heterocycles. The third-order valence-electron chi connectivity index (χ3n) is 4.14. The fraction of sp³-hybridized carbons (Fsp3) is 0.625. The molecule has 100 valence electrons. The van der Waals surface area contributed by atoms with Crippen molar-refractivity contribution in [3.63, 3.8) is 0 Å². The molecule has 1 fully saturated rings. The second-order valence-electron chi connectivity index (χ2n) is 5.42. The Morgan fingerprint density at radius 3 is 2.44 bits per heavy atom. The molecule has 1 aromatic carbocycles. The first-order valence-corrected chi connectivity index (χ1v) is 7.16. The van der Waals surface area contributed by atoms with Crippen LogP contribution in [0.25, 0.3) is 0 Å². The first-order chi connectivity index (χ1) is 8.79. The predicted molar refractivity (Wildman–Crippen MR) is 75.9 cm³/mol. The van der Waals surface area contributed by atoms with E-state index in [1.807, 2.05) is 12.1 Å². The highest BCUT2D eigenvalue weighted by atomic mass is 16.5. The second kappa shape index (κ2) is 6.79. The summed E-state index contributed by atoms with van der Waals surface area (Å²) in [6.45, 7) is 3.29. The fourth-order valence-electron chi connectivity index (χ4n) is 2.82. The zero-order chi connectivity index (χ0) is 12.8. The molecule has 1 atom stereocenters. The van der Waals surface area contributed by atoms with Crippen molar-refractivity contribution in [3.8, 4) is 5.75 Å². The molecule has 1 aromatic rings. The fourth-order valence-corrected chi connectivity index (χ4v) is 2.82. The van der Waals surface area contributed by atoms with E-state index in [0.717, 1.165) is 18.2 Å². The minimum atomic E-state index is 0.632. The van der Waals surface area contributed by atoms with Crippen molar-refractivity contribution >= 4 is 0 Å². The van der Waals surface area contributed by atoms with Crippen LogP contribution in [0.3, 0.4) is 0 Å². The molecular formula is C16H25NO. The minimum Gasteiger partial charge on any atom is -0.497 e. The Kier molecular flexibility index (Phi) is 5.06. The summed E-state index contributed by atoms with van der Waals surface area (Å²) in [5.74, 6) is 1.80. The maximum absolute atomic E-state index is 5.17. The molecule has 2 nitrogen and oxygen atoms in total. The number of benzene rings is 1. The highest BCUT2D eigenvalue weighted by molar-refractivity contribution is 5.27. The largest absolute Gasteiger partial charge is 0.497 e. The van der Waals surface area contributed by atoms with Crippen LogP contribution in [-0.4, -0.2) is 13.2 Å². The van der Waals surface area contributed by atoms with E-state index >= 15 is 0 Å². The lowest BCUT2D eigenvalue weighted by molar-refractivity contribution is 0.280. The number of nitrogens with one attached hydrogen (secondary N) is 1. The van der Waals surface area contributed by atoms with Gasteiger partial charge in [0.1, 0.15) is 5.75 Å². The summed E-state index contributed by atoms with van der Waals surface area (Å²) in [5, 5.41) is 3.67. The van der Waals surface area contributed by atoms with Crippen molar-refractivity contribution in [2.45, 2.75) is 51.6 Å². The van der Waals surface area contributed by atoms with Crippen molar-refractivity contribution in [1.29, 1.82) is 0 Å². The number of hydrogen-bond donors (Lipinski definition) is 1. The molecule has 1 aliphatic carbocycles. The van der Waals surface area contributed by atoms with E-state index < -0.39 is 0 Å². The summed E-state index contributed by atoms with van der Waals surface area (Å²) in [6.07, 6.45) is 7.06. The molecular weight excluding hydrogens is 222 g/mol. The SMILES string of the molecule is COc1ccc(CN[C@H](C)C2CCCCC2)cc1. The third-order valence-corrected chi connectivity index (χ3v) is 4.14. The zero-order valence-electron chi connectivity index (χ0n) is 11.6. The maximum atomic E-state index is 5.17. The number of methoxy groups -OCH3 is 1.